The molecule has 0 amide bonds. The third-order valence-electron chi connectivity index (χ3n) is 5.17. The highest BCUT2D eigenvalue weighted by molar-refractivity contribution is 6.05. The van der Waals surface area contributed by atoms with E-state index < -0.39 is 22.3 Å². The maximum atomic E-state index is 12.6. The fourth-order valence-corrected chi connectivity index (χ4v) is 4.02. The van der Waals surface area contributed by atoms with Crippen molar-refractivity contribution >= 4 is 17.3 Å². The van der Waals surface area contributed by atoms with Gasteiger partial charge in [-0.15, -0.1) is 0 Å². The van der Waals surface area contributed by atoms with E-state index in [0.29, 0.717) is 66.8 Å². The normalized spacial score (nSPS) is 20.6. The Morgan fingerprint density at radius 3 is 2.12 bits per heavy atom. The van der Waals surface area contributed by atoms with Gasteiger partial charge in [0.15, 0.2) is 17.3 Å². The molecular weight excluding hydrogens is 338 g/mol. The van der Waals surface area contributed by atoms with Gasteiger partial charge in [-0.1, -0.05) is 6.07 Å². The first-order valence-electron chi connectivity index (χ1n) is 8.65. The summed E-state index contributed by atoms with van der Waals surface area (Å²) in [5.74, 6) is -0.118. The second-order valence-electron chi connectivity index (χ2n) is 6.77. The number of nitrogens with zero attached hydrogens (tertiary/aromatic N) is 1. The Labute approximate surface area is 149 Å². The number of rotatable bonds is 2. The van der Waals surface area contributed by atoms with Crippen LogP contribution in [0.1, 0.15) is 50.0 Å². The van der Waals surface area contributed by atoms with Gasteiger partial charge < -0.3 is 9.84 Å². The average Bonchev–Trinajstić information content (AvgIpc) is 2.61. The molecule has 0 unspecified atom stereocenters. The van der Waals surface area contributed by atoms with Crippen LogP contribution in [-0.4, -0.2) is 21.6 Å². The van der Waals surface area contributed by atoms with Crippen molar-refractivity contribution in [1.29, 1.82) is 0 Å². The van der Waals surface area contributed by atoms with Crippen LogP contribution in [0.25, 0.3) is 0 Å². The molecule has 1 aromatic carbocycles. The molecule has 0 aromatic heterocycles. The molecule has 0 saturated carbocycles. The van der Waals surface area contributed by atoms with Gasteiger partial charge in [-0.05, 0) is 24.5 Å². The predicted octanol–water partition coefficient (Wildman–Crippen LogP) is 3.43. The number of aromatic hydroxyl groups is 1. The molecule has 0 radical (unpaired) electrons. The number of benzene rings is 1. The quantitative estimate of drug-likeness (QED) is 0.643. The molecule has 4 rings (SSSR count). The smallest absolute Gasteiger partial charge is 0.310 e. The number of hydrogen-bond acceptors (Lipinski definition) is 6. The van der Waals surface area contributed by atoms with Crippen LogP contribution >= 0.6 is 0 Å². The number of phenolic OH excluding ortho intramolecular Hbond substituents is 1. The van der Waals surface area contributed by atoms with E-state index in [1.165, 1.54) is 18.2 Å². The first kappa shape index (κ1) is 16.5. The van der Waals surface area contributed by atoms with Crippen LogP contribution in [0.5, 0.6) is 5.75 Å². The first-order valence-corrected chi connectivity index (χ1v) is 8.65. The molecule has 26 heavy (non-hydrogen) atoms. The van der Waals surface area contributed by atoms with Crippen LogP contribution in [-0.2, 0) is 14.3 Å². The molecule has 134 valence electrons. The monoisotopic (exact) mass is 355 g/mol. The van der Waals surface area contributed by atoms with Gasteiger partial charge >= 0.3 is 5.69 Å². The molecule has 7 heteroatoms. The Balaban J connectivity index is 1.93. The average molecular weight is 355 g/mol. The molecule has 1 aromatic rings. The third kappa shape index (κ3) is 2.51. The maximum absolute atomic E-state index is 12.6. The lowest BCUT2D eigenvalue weighted by Crippen LogP contribution is -2.30. The topological polar surface area (TPSA) is 107 Å². The summed E-state index contributed by atoms with van der Waals surface area (Å²) in [4.78, 5) is 35.8. The summed E-state index contributed by atoms with van der Waals surface area (Å²) in [5.41, 5.74) is 0.892. The number of ketones is 2. The number of Topliss-reactive ketones (excluding diaryl/α,β-unsaturated/α-hetero) is 2. The number of nitro groups is 1. The van der Waals surface area contributed by atoms with E-state index >= 15 is 0 Å². The number of nitro benzene ring substituents is 1. The van der Waals surface area contributed by atoms with Crippen molar-refractivity contribution in [2.24, 2.45) is 0 Å². The highest BCUT2D eigenvalue weighted by Crippen LogP contribution is 2.48. The van der Waals surface area contributed by atoms with Gasteiger partial charge in [0.1, 0.15) is 11.5 Å². The summed E-state index contributed by atoms with van der Waals surface area (Å²) in [5, 5.41) is 21.0. The summed E-state index contributed by atoms with van der Waals surface area (Å²) in [7, 11) is 0. The summed E-state index contributed by atoms with van der Waals surface area (Å²) < 4.78 is 5.92. The molecule has 0 saturated heterocycles. The molecule has 1 aliphatic heterocycles. The highest BCUT2D eigenvalue weighted by atomic mass is 16.6. The minimum absolute atomic E-state index is 0.0862. The summed E-state index contributed by atoms with van der Waals surface area (Å²) in [6.07, 6.45) is 3.35. The molecule has 2 aliphatic carbocycles. The Bertz CT molecular complexity index is 869. The van der Waals surface area contributed by atoms with E-state index in [2.05, 4.69) is 0 Å². The predicted molar refractivity (Wildman–Crippen MR) is 90.4 cm³/mol. The Morgan fingerprint density at radius 1 is 1.00 bits per heavy atom. The standard InChI is InChI=1S/C19H17NO6/c21-12-8-7-10(9-11(12)20(24)25)17-18-13(22)3-1-5-15(18)26-16-6-2-4-14(23)19(16)17/h7-9,17,21H,1-6H2. The van der Waals surface area contributed by atoms with Crippen molar-refractivity contribution in [2.45, 2.75) is 44.4 Å². The minimum Gasteiger partial charge on any atom is -0.502 e. The first-order chi connectivity index (χ1) is 12.5. The third-order valence-corrected chi connectivity index (χ3v) is 5.17. The van der Waals surface area contributed by atoms with Crippen LogP contribution in [0, 0.1) is 10.1 Å². The van der Waals surface area contributed by atoms with Crippen LogP contribution in [0.3, 0.4) is 0 Å². The fourth-order valence-electron chi connectivity index (χ4n) is 4.02. The Kier molecular flexibility index (Phi) is 3.86. The Hall–Kier alpha value is -2.96. The molecule has 0 bridgehead atoms. The lowest BCUT2D eigenvalue weighted by molar-refractivity contribution is -0.385. The lowest BCUT2D eigenvalue weighted by atomic mass is 9.73. The number of hydrogen-bond donors (Lipinski definition) is 1. The lowest BCUT2D eigenvalue weighted by Gasteiger charge is -2.35. The molecule has 7 nitrogen and oxygen atoms in total. The van der Waals surface area contributed by atoms with E-state index in [4.69, 9.17) is 4.74 Å². The molecule has 0 atom stereocenters. The van der Waals surface area contributed by atoms with Crippen LogP contribution in [0.4, 0.5) is 5.69 Å². The van der Waals surface area contributed by atoms with E-state index in [9.17, 15) is 24.8 Å². The van der Waals surface area contributed by atoms with Gasteiger partial charge in [0.25, 0.3) is 0 Å². The zero-order valence-electron chi connectivity index (χ0n) is 14.0. The van der Waals surface area contributed by atoms with Gasteiger partial charge in [-0.2, -0.15) is 0 Å². The summed E-state index contributed by atoms with van der Waals surface area (Å²) >= 11 is 0. The van der Waals surface area contributed by atoms with Crippen molar-refractivity contribution < 1.29 is 24.4 Å². The van der Waals surface area contributed by atoms with Crippen molar-refractivity contribution in [2.75, 3.05) is 0 Å². The van der Waals surface area contributed by atoms with E-state index in [1.54, 1.807) is 0 Å². The molecule has 1 N–H and O–H groups in total. The second kappa shape index (κ2) is 6.09. The van der Waals surface area contributed by atoms with Crippen molar-refractivity contribution in [3.8, 4) is 5.75 Å². The highest BCUT2D eigenvalue weighted by Gasteiger charge is 2.42. The second-order valence-corrected chi connectivity index (χ2v) is 6.77. The van der Waals surface area contributed by atoms with Crippen LogP contribution in [0.2, 0.25) is 0 Å². The van der Waals surface area contributed by atoms with E-state index in [0.717, 1.165) is 0 Å². The van der Waals surface area contributed by atoms with Gasteiger partial charge in [-0.3, -0.25) is 19.7 Å². The fraction of sp³-hybridized carbons (Fsp3) is 0.368. The molecular formula is C19H17NO6. The van der Waals surface area contributed by atoms with Crippen LogP contribution < -0.4 is 0 Å². The molecule has 3 aliphatic rings. The Morgan fingerprint density at radius 2 is 1.58 bits per heavy atom. The number of carbonyl (C=O) groups is 2. The molecule has 0 fully saturated rings. The number of allylic oxidation sites excluding steroid dienone is 4. The van der Waals surface area contributed by atoms with Crippen LogP contribution in [0.15, 0.2) is 40.9 Å². The minimum atomic E-state index is -0.672. The van der Waals surface area contributed by atoms with Crippen molar-refractivity contribution in [3.05, 3.63) is 56.5 Å². The number of carbonyl (C=O) groups excluding carboxylic acids is 2. The van der Waals surface area contributed by atoms with Crippen molar-refractivity contribution in [1.82, 2.24) is 0 Å². The van der Waals surface area contributed by atoms with E-state index in [1.807, 2.05) is 0 Å². The zero-order chi connectivity index (χ0) is 18.4. The summed E-state index contributed by atoms with van der Waals surface area (Å²) in [6.45, 7) is 0. The zero-order valence-corrected chi connectivity index (χ0v) is 14.0. The van der Waals surface area contributed by atoms with Crippen molar-refractivity contribution in [3.63, 3.8) is 0 Å². The SMILES string of the molecule is O=C1CCCC2=C1C(c1ccc(O)c([N+](=O)[O-])c1)C1=C(CCCC1=O)O2. The maximum Gasteiger partial charge on any atom is 0.310 e. The van der Waals surface area contributed by atoms with E-state index in [-0.39, 0.29) is 11.6 Å². The van der Waals surface area contributed by atoms with Gasteiger partial charge in [0.2, 0.25) is 0 Å². The summed E-state index contributed by atoms with van der Waals surface area (Å²) in [6, 6.07) is 4.03. The van der Waals surface area contributed by atoms with Gasteiger partial charge in [0.05, 0.1) is 4.92 Å². The molecule has 0 spiro atoms. The molecule has 1 heterocycles. The number of phenols is 1. The van der Waals surface area contributed by atoms with Gasteiger partial charge in [-0.25, -0.2) is 0 Å². The number of ether oxygens (including phenoxy) is 1. The largest absolute Gasteiger partial charge is 0.502 e. The van der Waals surface area contributed by atoms with Gasteiger partial charge in [0, 0.05) is 48.8 Å².